The van der Waals surface area contributed by atoms with Crippen LogP contribution in [-0.4, -0.2) is 68.7 Å². The molecule has 7 nitrogen and oxygen atoms in total. The third-order valence-electron chi connectivity index (χ3n) is 6.57. The number of carbonyl (C=O) groups is 1. The van der Waals surface area contributed by atoms with Gasteiger partial charge >= 0.3 is 0 Å². The average Bonchev–Trinajstić information content (AvgIpc) is 2.72. The van der Waals surface area contributed by atoms with E-state index in [1.807, 2.05) is 23.1 Å². The topological polar surface area (TPSA) is 78.7 Å². The van der Waals surface area contributed by atoms with Crippen molar-refractivity contribution in [1.82, 2.24) is 19.4 Å². The molecule has 3 heterocycles. The molecule has 2 aromatic rings. The fraction of sp³-hybridized carbons (Fsp3) is 0.591. The standard InChI is InChI=1S/C22H30N4O3/c1-24-11-5-4-6-17(24)14-20(27)25-12-9-22(29,10-13-25)15-26-16-23-19-8-3-2-7-18(19)21(26)28/h2-3,7-8,16-17,29H,4-6,9-15H2,1H3. The smallest absolute Gasteiger partial charge is 0.261 e. The second-order valence-electron chi connectivity index (χ2n) is 8.63. The molecular formula is C22H30N4O3. The summed E-state index contributed by atoms with van der Waals surface area (Å²) in [6, 6.07) is 7.57. The molecule has 2 aliphatic heterocycles. The molecule has 0 bridgehead atoms. The van der Waals surface area contributed by atoms with Crippen LogP contribution in [0.15, 0.2) is 35.4 Å². The molecule has 1 atom stereocenters. The number of likely N-dealkylation sites (tertiary alicyclic amines) is 2. The van der Waals surface area contributed by atoms with E-state index in [9.17, 15) is 14.7 Å². The zero-order valence-electron chi connectivity index (χ0n) is 17.1. The molecule has 0 saturated carbocycles. The Morgan fingerprint density at radius 3 is 2.72 bits per heavy atom. The molecule has 2 fully saturated rings. The van der Waals surface area contributed by atoms with Crippen LogP contribution in [0, 0.1) is 0 Å². The van der Waals surface area contributed by atoms with E-state index in [-0.39, 0.29) is 18.0 Å². The highest BCUT2D eigenvalue weighted by Crippen LogP contribution is 2.26. The quantitative estimate of drug-likeness (QED) is 0.847. The van der Waals surface area contributed by atoms with Gasteiger partial charge in [-0.25, -0.2) is 4.98 Å². The van der Waals surface area contributed by atoms with Gasteiger partial charge in [-0.05, 0) is 51.4 Å². The Morgan fingerprint density at radius 1 is 1.21 bits per heavy atom. The molecule has 0 spiro atoms. The Hall–Kier alpha value is -2.25. The van der Waals surface area contributed by atoms with Crippen LogP contribution >= 0.6 is 0 Å². The van der Waals surface area contributed by atoms with Gasteiger partial charge in [-0.3, -0.25) is 14.2 Å². The zero-order chi connectivity index (χ0) is 20.4. The summed E-state index contributed by atoms with van der Waals surface area (Å²) in [5, 5.41) is 11.6. The molecule has 0 aliphatic carbocycles. The third-order valence-corrected chi connectivity index (χ3v) is 6.57. The third kappa shape index (κ3) is 4.36. The Balaban J connectivity index is 1.38. The highest BCUT2D eigenvalue weighted by Gasteiger charge is 2.35. The number of carbonyl (C=O) groups excluding carboxylic acids is 1. The predicted molar refractivity (Wildman–Crippen MR) is 112 cm³/mol. The first-order valence-electron chi connectivity index (χ1n) is 10.6. The van der Waals surface area contributed by atoms with Crippen molar-refractivity contribution in [2.24, 2.45) is 0 Å². The normalized spacial score (nSPS) is 22.7. The lowest BCUT2D eigenvalue weighted by Gasteiger charge is -2.40. The summed E-state index contributed by atoms with van der Waals surface area (Å²) in [6.07, 6.45) is 6.49. The molecule has 7 heteroatoms. The second kappa shape index (κ2) is 8.24. The van der Waals surface area contributed by atoms with Gasteiger partial charge < -0.3 is 14.9 Å². The van der Waals surface area contributed by atoms with Crippen molar-refractivity contribution in [3.8, 4) is 0 Å². The van der Waals surface area contributed by atoms with Crippen molar-refractivity contribution in [3.63, 3.8) is 0 Å². The molecule has 1 amide bonds. The van der Waals surface area contributed by atoms with Gasteiger partial charge in [0, 0.05) is 25.6 Å². The minimum atomic E-state index is -0.994. The Morgan fingerprint density at radius 2 is 1.97 bits per heavy atom. The predicted octanol–water partition coefficient (Wildman–Crippen LogP) is 1.62. The van der Waals surface area contributed by atoms with Crippen molar-refractivity contribution >= 4 is 16.8 Å². The zero-order valence-corrected chi connectivity index (χ0v) is 17.1. The summed E-state index contributed by atoms with van der Waals surface area (Å²) < 4.78 is 1.50. The van der Waals surface area contributed by atoms with Crippen molar-refractivity contribution in [3.05, 3.63) is 40.9 Å². The molecule has 156 valence electrons. The van der Waals surface area contributed by atoms with E-state index in [0.717, 1.165) is 13.0 Å². The van der Waals surface area contributed by atoms with E-state index < -0.39 is 5.60 Å². The van der Waals surface area contributed by atoms with E-state index in [0.29, 0.717) is 49.3 Å². The van der Waals surface area contributed by atoms with Gasteiger partial charge in [0.1, 0.15) is 0 Å². The SMILES string of the molecule is CN1CCCCC1CC(=O)N1CCC(O)(Cn2cnc3ccccc3c2=O)CC1. The van der Waals surface area contributed by atoms with Crippen LogP contribution in [0.2, 0.25) is 0 Å². The number of piperidine rings is 2. The molecule has 1 aromatic carbocycles. The number of rotatable bonds is 4. The number of para-hydroxylation sites is 1. The summed E-state index contributed by atoms with van der Waals surface area (Å²) in [7, 11) is 2.10. The molecule has 1 aromatic heterocycles. The van der Waals surface area contributed by atoms with E-state index in [4.69, 9.17) is 0 Å². The Kier molecular flexibility index (Phi) is 5.69. The fourth-order valence-corrected chi connectivity index (χ4v) is 4.60. The average molecular weight is 399 g/mol. The first-order chi connectivity index (χ1) is 14.0. The van der Waals surface area contributed by atoms with Crippen LogP contribution in [0.1, 0.15) is 38.5 Å². The lowest BCUT2D eigenvalue weighted by molar-refractivity contribution is -0.137. The lowest BCUT2D eigenvalue weighted by Crippen LogP contribution is -2.50. The largest absolute Gasteiger partial charge is 0.388 e. The molecule has 2 aliphatic rings. The van der Waals surface area contributed by atoms with Crippen LogP contribution < -0.4 is 5.56 Å². The molecule has 2 saturated heterocycles. The number of aromatic nitrogens is 2. The number of hydrogen-bond donors (Lipinski definition) is 1. The highest BCUT2D eigenvalue weighted by molar-refractivity contribution is 5.77. The number of benzene rings is 1. The number of amides is 1. The molecular weight excluding hydrogens is 368 g/mol. The summed E-state index contributed by atoms with van der Waals surface area (Å²) >= 11 is 0. The Bertz CT molecular complexity index is 933. The van der Waals surface area contributed by atoms with Gasteiger partial charge in [0.2, 0.25) is 5.91 Å². The summed E-state index contributed by atoms with van der Waals surface area (Å²) in [4.78, 5) is 33.9. The van der Waals surface area contributed by atoms with E-state index >= 15 is 0 Å². The van der Waals surface area contributed by atoms with Crippen molar-refractivity contribution in [2.75, 3.05) is 26.7 Å². The second-order valence-corrected chi connectivity index (χ2v) is 8.63. The minimum absolute atomic E-state index is 0.136. The number of fused-ring (bicyclic) bond motifs is 1. The van der Waals surface area contributed by atoms with Gasteiger partial charge in [-0.15, -0.1) is 0 Å². The molecule has 1 N–H and O–H groups in total. The van der Waals surface area contributed by atoms with Crippen LogP contribution in [0.3, 0.4) is 0 Å². The van der Waals surface area contributed by atoms with Crippen LogP contribution in [0.25, 0.3) is 10.9 Å². The number of hydrogen-bond acceptors (Lipinski definition) is 5. The maximum atomic E-state index is 12.7. The van der Waals surface area contributed by atoms with Gasteiger partial charge in [-0.1, -0.05) is 18.6 Å². The fourth-order valence-electron chi connectivity index (χ4n) is 4.60. The lowest BCUT2D eigenvalue weighted by atomic mass is 9.90. The summed E-state index contributed by atoms with van der Waals surface area (Å²) in [6.45, 7) is 2.33. The first kappa shape index (κ1) is 20.0. The first-order valence-corrected chi connectivity index (χ1v) is 10.6. The van der Waals surface area contributed by atoms with E-state index in [1.54, 1.807) is 6.07 Å². The molecule has 4 rings (SSSR count). The molecule has 29 heavy (non-hydrogen) atoms. The molecule has 1 unspecified atom stereocenters. The summed E-state index contributed by atoms with van der Waals surface area (Å²) in [5.74, 6) is 0.176. The van der Waals surface area contributed by atoms with Crippen LogP contribution in [-0.2, 0) is 11.3 Å². The number of nitrogens with zero attached hydrogens (tertiary/aromatic N) is 4. The Labute approximate surface area is 170 Å². The van der Waals surface area contributed by atoms with Gasteiger partial charge in [-0.2, -0.15) is 0 Å². The van der Waals surface area contributed by atoms with E-state index in [1.165, 1.54) is 23.7 Å². The van der Waals surface area contributed by atoms with Crippen molar-refractivity contribution in [2.45, 2.75) is 56.7 Å². The minimum Gasteiger partial charge on any atom is -0.388 e. The maximum Gasteiger partial charge on any atom is 0.261 e. The van der Waals surface area contributed by atoms with Crippen molar-refractivity contribution < 1.29 is 9.90 Å². The van der Waals surface area contributed by atoms with Gasteiger partial charge in [0.05, 0.1) is 29.4 Å². The van der Waals surface area contributed by atoms with Gasteiger partial charge in [0.25, 0.3) is 5.56 Å². The van der Waals surface area contributed by atoms with E-state index in [2.05, 4.69) is 16.9 Å². The van der Waals surface area contributed by atoms with Crippen LogP contribution in [0.5, 0.6) is 0 Å². The summed E-state index contributed by atoms with van der Waals surface area (Å²) in [5.41, 5.74) is -0.469. The molecule has 0 radical (unpaired) electrons. The van der Waals surface area contributed by atoms with Gasteiger partial charge in [0.15, 0.2) is 0 Å². The maximum absolute atomic E-state index is 12.7. The van der Waals surface area contributed by atoms with Crippen molar-refractivity contribution in [1.29, 1.82) is 0 Å². The van der Waals surface area contributed by atoms with Crippen LogP contribution in [0.4, 0.5) is 0 Å². The monoisotopic (exact) mass is 398 g/mol. The highest BCUT2D eigenvalue weighted by atomic mass is 16.3. The number of aliphatic hydroxyl groups is 1.